The molecule has 2 fully saturated rings. The van der Waals surface area contributed by atoms with Crippen molar-refractivity contribution in [2.24, 2.45) is 0 Å². The standard InChI is InChI=1S/C25H32N4O3S2/c1-3-4-5-6-7-12-29-24(31)20(34-25(29)33)15-19-21(26-16-18-11-9-14-32-18)27-22-17(2)10-8-13-28(22)23(19)30/h8,10,13,15,18,26H,3-7,9,11-12,14,16H2,1-2H3/b20-15+. The molecule has 2 aromatic heterocycles. The minimum atomic E-state index is -0.214. The van der Waals surface area contributed by atoms with Gasteiger partial charge in [0.15, 0.2) is 0 Å². The summed E-state index contributed by atoms with van der Waals surface area (Å²) in [7, 11) is 0. The van der Waals surface area contributed by atoms with Gasteiger partial charge in [-0.25, -0.2) is 4.98 Å². The number of amides is 1. The quantitative estimate of drug-likeness (QED) is 0.286. The van der Waals surface area contributed by atoms with Crippen molar-refractivity contribution in [3.05, 3.63) is 44.7 Å². The Morgan fingerprint density at radius 3 is 2.88 bits per heavy atom. The molecule has 7 nitrogen and oxygen atoms in total. The van der Waals surface area contributed by atoms with E-state index in [0.717, 1.165) is 37.9 Å². The molecule has 0 aliphatic carbocycles. The van der Waals surface area contributed by atoms with Gasteiger partial charge in [-0.2, -0.15) is 0 Å². The number of thioether (sulfide) groups is 1. The molecule has 2 aliphatic heterocycles. The van der Waals surface area contributed by atoms with Crippen LogP contribution in [0, 0.1) is 6.92 Å². The lowest BCUT2D eigenvalue weighted by Crippen LogP contribution is -2.29. The molecule has 0 saturated carbocycles. The van der Waals surface area contributed by atoms with Gasteiger partial charge in [0.05, 0.1) is 16.6 Å². The highest BCUT2D eigenvalue weighted by molar-refractivity contribution is 8.26. The van der Waals surface area contributed by atoms with Crippen molar-refractivity contribution >= 4 is 51.7 Å². The van der Waals surface area contributed by atoms with E-state index in [1.54, 1.807) is 17.2 Å². The van der Waals surface area contributed by atoms with Crippen LogP contribution in [0.25, 0.3) is 11.7 Å². The summed E-state index contributed by atoms with van der Waals surface area (Å²) in [4.78, 5) is 33.5. The first kappa shape index (κ1) is 24.9. The zero-order chi connectivity index (χ0) is 24.1. The van der Waals surface area contributed by atoms with Crippen LogP contribution in [0.1, 0.15) is 63.0 Å². The third kappa shape index (κ3) is 5.53. The van der Waals surface area contributed by atoms with E-state index in [4.69, 9.17) is 21.9 Å². The lowest BCUT2D eigenvalue weighted by Gasteiger charge is -2.15. The van der Waals surface area contributed by atoms with Gasteiger partial charge < -0.3 is 10.1 Å². The number of nitrogens with zero attached hydrogens (tertiary/aromatic N) is 3. The Labute approximate surface area is 210 Å². The highest BCUT2D eigenvalue weighted by atomic mass is 32.2. The monoisotopic (exact) mass is 500 g/mol. The minimum Gasteiger partial charge on any atom is -0.376 e. The summed E-state index contributed by atoms with van der Waals surface area (Å²) in [6.45, 7) is 6.05. The van der Waals surface area contributed by atoms with Gasteiger partial charge in [-0.05, 0) is 43.9 Å². The van der Waals surface area contributed by atoms with Gasteiger partial charge in [0, 0.05) is 25.9 Å². The number of hydrogen-bond donors (Lipinski definition) is 1. The number of nitrogens with one attached hydrogen (secondary N) is 1. The molecule has 1 N–H and O–H groups in total. The van der Waals surface area contributed by atoms with Crippen LogP contribution in [0.5, 0.6) is 0 Å². The van der Waals surface area contributed by atoms with E-state index < -0.39 is 0 Å². The Bertz CT molecular complexity index is 1150. The highest BCUT2D eigenvalue weighted by Gasteiger charge is 2.32. The predicted octanol–water partition coefficient (Wildman–Crippen LogP) is 4.77. The maximum atomic E-state index is 13.5. The lowest BCUT2D eigenvalue weighted by molar-refractivity contribution is -0.122. The average molecular weight is 501 g/mol. The van der Waals surface area contributed by atoms with Crippen LogP contribution < -0.4 is 10.9 Å². The number of pyridine rings is 1. The number of aryl methyl sites for hydroxylation is 1. The fourth-order valence-corrected chi connectivity index (χ4v) is 5.58. The number of fused-ring (bicyclic) bond motifs is 1. The summed E-state index contributed by atoms with van der Waals surface area (Å²) < 4.78 is 7.81. The van der Waals surface area contributed by atoms with E-state index in [-0.39, 0.29) is 17.6 Å². The summed E-state index contributed by atoms with van der Waals surface area (Å²) in [6, 6.07) is 3.75. The van der Waals surface area contributed by atoms with E-state index in [0.29, 0.717) is 39.3 Å². The van der Waals surface area contributed by atoms with Crippen molar-refractivity contribution < 1.29 is 9.53 Å². The summed E-state index contributed by atoms with van der Waals surface area (Å²) in [6.07, 6.45) is 11.0. The SMILES string of the molecule is CCCCCCCN1C(=O)/C(=C\c2c(NCC3CCCO3)nc3c(C)cccn3c2=O)SC1=S. The maximum absolute atomic E-state index is 13.5. The zero-order valence-corrected chi connectivity index (χ0v) is 21.5. The lowest BCUT2D eigenvalue weighted by atomic mass is 10.1. The Kier molecular flexibility index (Phi) is 8.39. The molecule has 2 aliphatic rings. The second-order valence-corrected chi connectivity index (χ2v) is 10.5. The van der Waals surface area contributed by atoms with Gasteiger partial charge in [-0.15, -0.1) is 0 Å². The second kappa shape index (κ2) is 11.5. The van der Waals surface area contributed by atoms with Crippen molar-refractivity contribution in [3.8, 4) is 0 Å². The molecule has 2 aromatic rings. The van der Waals surface area contributed by atoms with Crippen molar-refractivity contribution in [2.75, 3.05) is 25.0 Å². The first-order chi connectivity index (χ1) is 16.5. The van der Waals surface area contributed by atoms with Gasteiger partial charge in [0.2, 0.25) is 0 Å². The maximum Gasteiger partial charge on any atom is 0.267 e. The number of unbranched alkanes of at least 4 members (excludes halogenated alkanes) is 4. The van der Waals surface area contributed by atoms with Crippen molar-refractivity contribution in [1.29, 1.82) is 0 Å². The number of thiocarbonyl (C=S) groups is 1. The van der Waals surface area contributed by atoms with Gasteiger partial charge in [0.1, 0.15) is 15.8 Å². The fraction of sp³-hybridized carbons (Fsp3) is 0.520. The molecule has 2 saturated heterocycles. The van der Waals surface area contributed by atoms with Crippen LogP contribution >= 0.6 is 24.0 Å². The van der Waals surface area contributed by atoms with E-state index in [1.165, 1.54) is 35.4 Å². The third-order valence-corrected chi connectivity index (χ3v) is 7.62. The number of aromatic nitrogens is 2. The number of rotatable bonds is 10. The Balaban J connectivity index is 1.62. The molecule has 4 heterocycles. The van der Waals surface area contributed by atoms with Gasteiger partial charge in [-0.1, -0.05) is 62.7 Å². The zero-order valence-electron chi connectivity index (χ0n) is 19.8. The van der Waals surface area contributed by atoms with Crippen LogP contribution in [0.4, 0.5) is 5.82 Å². The van der Waals surface area contributed by atoms with Crippen LogP contribution in [-0.2, 0) is 9.53 Å². The molecule has 34 heavy (non-hydrogen) atoms. The molecular weight excluding hydrogens is 468 g/mol. The molecule has 0 bridgehead atoms. The first-order valence-corrected chi connectivity index (χ1v) is 13.3. The number of carbonyl (C=O) groups is 1. The average Bonchev–Trinajstić information content (AvgIpc) is 3.43. The molecule has 1 atom stereocenters. The van der Waals surface area contributed by atoms with Gasteiger partial charge >= 0.3 is 0 Å². The number of carbonyl (C=O) groups excluding carboxylic acids is 1. The highest BCUT2D eigenvalue weighted by Crippen LogP contribution is 2.33. The predicted molar refractivity (Wildman–Crippen MR) is 142 cm³/mol. The Morgan fingerprint density at radius 1 is 1.29 bits per heavy atom. The summed E-state index contributed by atoms with van der Waals surface area (Å²) >= 11 is 6.75. The van der Waals surface area contributed by atoms with Crippen molar-refractivity contribution in [2.45, 2.75) is 64.9 Å². The van der Waals surface area contributed by atoms with E-state index in [1.807, 2.05) is 19.1 Å². The van der Waals surface area contributed by atoms with Crippen molar-refractivity contribution in [1.82, 2.24) is 14.3 Å². The van der Waals surface area contributed by atoms with Crippen LogP contribution in [-0.4, -0.2) is 50.3 Å². The van der Waals surface area contributed by atoms with Crippen LogP contribution in [0.2, 0.25) is 0 Å². The second-order valence-electron chi connectivity index (χ2n) is 8.83. The van der Waals surface area contributed by atoms with E-state index >= 15 is 0 Å². The molecule has 4 rings (SSSR count). The molecule has 1 unspecified atom stereocenters. The summed E-state index contributed by atoms with van der Waals surface area (Å²) in [5, 5.41) is 3.32. The summed E-state index contributed by atoms with van der Waals surface area (Å²) in [5.74, 6) is 0.337. The summed E-state index contributed by atoms with van der Waals surface area (Å²) in [5.41, 5.74) is 1.65. The van der Waals surface area contributed by atoms with Crippen molar-refractivity contribution in [3.63, 3.8) is 0 Å². The van der Waals surface area contributed by atoms with Crippen LogP contribution in [0.15, 0.2) is 28.0 Å². The molecular formula is C25H32N4O3S2. The Hall–Kier alpha value is -2.23. The fourth-order valence-electron chi connectivity index (χ4n) is 4.29. The number of ether oxygens (including phenoxy) is 1. The van der Waals surface area contributed by atoms with E-state index in [9.17, 15) is 9.59 Å². The molecule has 0 spiro atoms. The van der Waals surface area contributed by atoms with Gasteiger partial charge in [0.25, 0.3) is 11.5 Å². The molecule has 0 radical (unpaired) electrons. The topological polar surface area (TPSA) is 75.9 Å². The molecule has 1 amide bonds. The normalized spacial score (nSPS) is 19.6. The van der Waals surface area contributed by atoms with E-state index in [2.05, 4.69) is 12.2 Å². The number of anilines is 1. The molecule has 182 valence electrons. The Morgan fingerprint density at radius 2 is 2.12 bits per heavy atom. The smallest absolute Gasteiger partial charge is 0.267 e. The molecule has 9 heteroatoms. The first-order valence-electron chi connectivity index (χ1n) is 12.1. The largest absolute Gasteiger partial charge is 0.376 e. The molecule has 0 aromatic carbocycles. The van der Waals surface area contributed by atoms with Crippen LogP contribution in [0.3, 0.4) is 0 Å². The minimum absolute atomic E-state index is 0.0934. The number of hydrogen-bond acceptors (Lipinski definition) is 7. The third-order valence-electron chi connectivity index (χ3n) is 6.24. The van der Waals surface area contributed by atoms with Gasteiger partial charge in [-0.3, -0.25) is 18.9 Å².